The normalized spacial score (nSPS) is 21.1. The van der Waals surface area contributed by atoms with Crippen LogP contribution in [0.25, 0.3) is 16.7 Å². The molecule has 1 saturated carbocycles. The number of hydrogen-bond donors (Lipinski definition) is 1. The molecule has 0 spiro atoms. The number of rotatable bonds is 5. The highest BCUT2D eigenvalue weighted by Gasteiger charge is 2.25. The number of fused-ring (bicyclic) bond motifs is 2. The van der Waals surface area contributed by atoms with Crippen molar-refractivity contribution in [3.8, 4) is 5.75 Å². The average Bonchev–Trinajstić information content (AvgIpc) is 3.34. The summed E-state index contributed by atoms with van der Waals surface area (Å²) < 4.78 is 14.0. The second kappa shape index (κ2) is 9.23. The molecule has 9 nitrogen and oxygen atoms in total. The molecule has 1 aliphatic heterocycles. The van der Waals surface area contributed by atoms with E-state index in [-0.39, 0.29) is 6.10 Å². The molecule has 0 radical (unpaired) electrons. The van der Waals surface area contributed by atoms with Crippen LogP contribution in [0.1, 0.15) is 25.7 Å². The zero-order valence-corrected chi connectivity index (χ0v) is 19.5. The lowest BCUT2D eigenvalue weighted by Crippen LogP contribution is -2.36. The number of halogens is 1. The molecule has 1 aliphatic carbocycles. The number of nitrogens with zero attached hydrogens (tertiary/aromatic N) is 6. The van der Waals surface area contributed by atoms with E-state index >= 15 is 0 Å². The molecule has 34 heavy (non-hydrogen) atoms. The lowest BCUT2D eigenvalue weighted by atomic mass is 9.93. The van der Waals surface area contributed by atoms with Crippen LogP contribution in [0.2, 0.25) is 5.15 Å². The zero-order chi connectivity index (χ0) is 22.9. The zero-order valence-electron chi connectivity index (χ0n) is 18.7. The molecule has 0 amide bonds. The molecule has 0 unspecified atom stereocenters. The summed E-state index contributed by atoms with van der Waals surface area (Å²) in [5, 5.41) is 3.98. The Labute approximate surface area is 202 Å². The minimum Gasteiger partial charge on any atom is -0.488 e. The van der Waals surface area contributed by atoms with Crippen LogP contribution in [0.5, 0.6) is 5.75 Å². The lowest BCUT2D eigenvalue weighted by molar-refractivity contribution is 0.122. The van der Waals surface area contributed by atoms with Crippen LogP contribution in [0.15, 0.2) is 43.0 Å². The van der Waals surface area contributed by atoms with E-state index in [1.165, 1.54) is 0 Å². The first-order valence-electron chi connectivity index (χ1n) is 11.7. The number of aromatic nitrogens is 5. The number of morpholine rings is 1. The molecule has 0 bridgehead atoms. The molecular weight excluding hydrogens is 454 g/mol. The third-order valence-corrected chi connectivity index (χ3v) is 6.75. The van der Waals surface area contributed by atoms with Crippen LogP contribution >= 0.6 is 11.6 Å². The largest absolute Gasteiger partial charge is 0.488 e. The van der Waals surface area contributed by atoms with Crippen molar-refractivity contribution in [1.82, 2.24) is 24.3 Å². The molecule has 6 rings (SSSR count). The lowest BCUT2D eigenvalue weighted by Gasteiger charge is -2.31. The van der Waals surface area contributed by atoms with Crippen LogP contribution in [0.4, 0.5) is 11.6 Å². The van der Waals surface area contributed by atoms with Gasteiger partial charge in [-0.1, -0.05) is 11.6 Å². The van der Waals surface area contributed by atoms with Crippen LogP contribution in [-0.4, -0.2) is 62.8 Å². The van der Waals surface area contributed by atoms with Crippen molar-refractivity contribution < 1.29 is 9.47 Å². The third kappa shape index (κ3) is 4.33. The Morgan fingerprint density at radius 1 is 0.971 bits per heavy atom. The van der Waals surface area contributed by atoms with Gasteiger partial charge in [-0.2, -0.15) is 0 Å². The van der Waals surface area contributed by atoms with Crippen LogP contribution in [0.3, 0.4) is 0 Å². The van der Waals surface area contributed by atoms with Gasteiger partial charge >= 0.3 is 0 Å². The number of ether oxygens (including phenoxy) is 2. The summed E-state index contributed by atoms with van der Waals surface area (Å²) in [6.45, 7) is 3.20. The quantitative estimate of drug-likeness (QED) is 0.430. The predicted molar refractivity (Wildman–Crippen MR) is 131 cm³/mol. The van der Waals surface area contributed by atoms with Crippen molar-refractivity contribution in [2.24, 2.45) is 0 Å². The molecular formula is C24H26ClN7O2. The van der Waals surface area contributed by atoms with Gasteiger partial charge in [-0.3, -0.25) is 9.38 Å². The molecule has 3 aromatic heterocycles. The van der Waals surface area contributed by atoms with Gasteiger partial charge in [-0.05, 0) is 31.7 Å². The van der Waals surface area contributed by atoms with Gasteiger partial charge in [-0.15, -0.1) is 0 Å². The number of imidazole rings is 1. The standard InChI is InChI=1S/C24H26ClN7O2/c25-21-15-22-27-7-8-32(22)24(30-21)29-16-1-3-18(4-2-16)34-20-14-17(31-9-11-33-12-10-31)13-19-23(20)28-6-5-26-19/h5-8,13-16,18H,1-4,9-12H2,(H,29,30). The summed E-state index contributed by atoms with van der Waals surface area (Å²) in [6.07, 6.45) is 11.0. The fourth-order valence-electron chi connectivity index (χ4n) is 4.81. The summed E-state index contributed by atoms with van der Waals surface area (Å²) >= 11 is 6.18. The predicted octanol–water partition coefficient (Wildman–Crippen LogP) is 3.96. The smallest absolute Gasteiger partial charge is 0.210 e. The van der Waals surface area contributed by atoms with Crippen molar-refractivity contribution in [3.05, 3.63) is 48.1 Å². The maximum Gasteiger partial charge on any atom is 0.210 e. The molecule has 2 fully saturated rings. The van der Waals surface area contributed by atoms with Gasteiger partial charge in [0.2, 0.25) is 5.95 Å². The van der Waals surface area contributed by atoms with E-state index in [0.717, 1.165) is 86.1 Å². The molecule has 1 saturated heterocycles. The maximum atomic E-state index is 6.54. The van der Waals surface area contributed by atoms with E-state index in [1.54, 1.807) is 24.7 Å². The molecule has 10 heteroatoms. The van der Waals surface area contributed by atoms with Crippen LogP contribution in [0, 0.1) is 0 Å². The first-order valence-corrected chi connectivity index (χ1v) is 12.1. The van der Waals surface area contributed by atoms with E-state index in [0.29, 0.717) is 11.2 Å². The molecule has 176 valence electrons. The van der Waals surface area contributed by atoms with Crippen LogP contribution < -0.4 is 15.0 Å². The minimum atomic E-state index is 0.128. The van der Waals surface area contributed by atoms with Gasteiger partial charge in [0.15, 0.2) is 0 Å². The summed E-state index contributed by atoms with van der Waals surface area (Å²) in [7, 11) is 0. The van der Waals surface area contributed by atoms with Crippen molar-refractivity contribution in [2.75, 3.05) is 36.5 Å². The third-order valence-electron chi connectivity index (χ3n) is 6.56. The monoisotopic (exact) mass is 479 g/mol. The second-order valence-electron chi connectivity index (χ2n) is 8.76. The summed E-state index contributed by atoms with van der Waals surface area (Å²) in [6, 6.07) is 6.26. The molecule has 0 atom stereocenters. The summed E-state index contributed by atoms with van der Waals surface area (Å²) in [5.41, 5.74) is 3.56. The SMILES string of the molecule is Clc1cc2nccn2c(NC2CCC(Oc3cc(N4CCOCC4)cc4nccnc34)CC2)n1. The number of anilines is 2. The van der Waals surface area contributed by atoms with E-state index in [4.69, 9.17) is 21.1 Å². The Kier molecular flexibility index (Phi) is 5.80. The highest BCUT2D eigenvalue weighted by molar-refractivity contribution is 6.29. The first kappa shape index (κ1) is 21.4. The van der Waals surface area contributed by atoms with Crippen LogP contribution in [-0.2, 0) is 4.74 Å². The van der Waals surface area contributed by atoms with E-state index in [1.807, 2.05) is 10.6 Å². The van der Waals surface area contributed by atoms with Gasteiger partial charge < -0.3 is 19.7 Å². The highest BCUT2D eigenvalue weighted by Crippen LogP contribution is 2.33. The fourth-order valence-corrected chi connectivity index (χ4v) is 4.98. The fraction of sp³-hybridized carbons (Fsp3) is 0.417. The number of nitrogens with one attached hydrogen (secondary N) is 1. The van der Waals surface area contributed by atoms with Gasteiger partial charge in [0, 0.05) is 61.7 Å². The Balaban J connectivity index is 1.16. The van der Waals surface area contributed by atoms with Crippen molar-refractivity contribution >= 4 is 39.9 Å². The highest BCUT2D eigenvalue weighted by atomic mass is 35.5. The summed E-state index contributed by atoms with van der Waals surface area (Å²) in [5.74, 6) is 1.53. The maximum absolute atomic E-state index is 6.54. The van der Waals surface area contributed by atoms with Crippen molar-refractivity contribution in [2.45, 2.75) is 37.8 Å². The summed E-state index contributed by atoms with van der Waals surface area (Å²) in [4.78, 5) is 20.2. The second-order valence-corrected chi connectivity index (χ2v) is 9.15. The van der Waals surface area contributed by atoms with E-state index in [2.05, 4.69) is 42.3 Å². The van der Waals surface area contributed by atoms with Gasteiger partial charge in [0.25, 0.3) is 0 Å². The van der Waals surface area contributed by atoms with E-state index < -0.39 is 0 Å². The first-order chi connectivity index (χ1) is 16.7. The van der Waals surface area contributed by atoms with Crippen molar-refractivity contribution in [1.29, 1.82) is 0 Å². The van der Waals surface area contributed by atoms with E-state index in [9.17, 15) is 0 Å². The number of hydrogen-bond acceptors (Lipinski definition) is 8. The molecule has 4 heterocycles. The topological polar surface area (TPSA) is 89.7 Å². The van der Waals surface area contributed by atoms with Gasteiger partial charge in [-0.25, -0.2) is 15.0 Å². The molecule has 1 N–H and O–H groups in total. The average molecular weight is 480 g/mol. The number of benzene rings is 1. The van der Waals surface area contributed by atoms with Crippen molar-refractivity contribution in [3.63, 3.8) is 0 Å². The Bertz CT molecular complexity index is 1300. The Hall–Kier alpha value is -3.17. The van der Waals surface area contributed by atoms with Gasteiger partial charge in [0.1, 0.15) is 22.1 Å². The Morgan fingerprint density at radius 2 is 1.79 bits per heavy atom. The molecule has 4 aromatic rings. The Morgan fingerprint density at radius 3 is 2.65 bits per heavy atom. The minimum absolute atomic E-state index is 0.128. The van der Waals surface area contributed by atoms with Gasteiger partial charge in [0.05, 0.1) is 24.8 Å². The molecule has 2 aliphatic rings. The molecule has 1 aromatic carbocycles.